The van der Waals surface area contributed by atoms with Crippen molar-refractivity contribution in [1.29, 1.82) is 0 Å². The maximum atomic E-state index is 8.79. The van der Waals surface area contributed by atoms with E-state index in [1.54, 1.807) is 0 Å². The van der Waals surface area contributed by atoms with Gasteiger partial charge < -0.3 is 15.8 Å². The van der Waals surface area contributed by atoms with Crippen LogP contribution in [-0.2, 0) is 0 Å². The molecule has 0 atom stereocenters. The molecule has 3 N–H and O–H groups in total. The van der Waals surface area contributed by atoms with E-state index in [1.807, 2.05) is 12.1 Å². The number of oxime groups is 1. The van der Waals surface area contributed by atoms with Gasteiger partial charge in [-0.1, -0.05) is 31.8 Å². The minimum atomic E-state index is 0.138. The van der Waals surface area contributed by atoms with Crippen molar-refractivity contribution < 1.29 is 5.21 Å². The Hall–Kier alpha value is -1.23. The molecule has 116 valence electrons. The fraction of sp³-hybridized carbons (Fsp3) is 0.562. The predicted octanol–water partition coefficient (Wildman–Crippen LogP) is 3.95. The van der Waals surface area contributed by atoms with Crippen LogP contribution in [0.2, 0.25) is 0 Å². The van der Waals surface area contributed by atoms with Crippen LogP contribution in [0.3, 0.4) is 0 Å². The van der Waals surface area contributed by atoms with Crippen molar-refractivity contribution in [2.75, 3.05) is 11.4 Å². The summed E-state index contributed by atoms with van der Waals surface area (Å²) in [5.74, 6) is 0.750. The van der Waals surface area contributed by atoms with E-state index in [-0.39, 0.29) is 5.84 Å². The van der Waals surface area contributed by atoms with Crippen LogP contribution in [0.15, 0.2) is 27.8 Å². The molecule has 0 aliphatic heterocycles. The Morgan fingerprint density at radius 1 is 1.43 bits per heavy atom. The van der Waals surface area contributed by atoms with Crippen LogP contribution in [-0.4, -0.2) is 23.6 Å². The van der Waals surface area contributed by atoms with Crippen LogP contribution in [0.1, 0.15) is 45.1 Å². The lowest BCUT2D eigenvalue weighted by Gasteiger charge is -2.33. The summed E-state index contributed by atoms with van der Waals surface area (Å²) in [5.41, 5.74) is 7.58. The van der Waals surface area contributed by atoms with Gasteiger partial charge in [0.1, 0.15) is 0 Å². The first-order valence-corrected chi connectivity index (χ1v) is 8.36. The second-order valence-electron chi connectivity index (χ2n) is 6.14. The maximum Gasteiger partial charge on any atom is 0.170 e. The van der Waals surface area contributed by atoms with Crippen molar-refractivity contribution in [2.45, 2.75) is 45.6 Å². The Kier molecular flexibility index (Phi) is 5.51. The zero-order valence-corrected chi connectivity index (χ0v) is 14.3. The first kappa shape index (κ1) is 16.1. The molecule has 0 unspecified atom stereocenters. The summed E-state index contributed by atoms with van der Waals surface area (Å²) in [6.07, 6.45) is 5.17. The summed E-state index contributed by atoms with van der Waals surface area (Å²) in [6.45, 7) is 5.55. The van der Waals surface area contributed by atoms with E-state index in [1.165, 1.54) is 31.4 Å². The second kappa shape index (κ2) is 7.16. The van der Waals surface area contributed by atoms with Crippen LogP contribution in [0, 0.1) is 5.92 Å². The number of nitrogens with zero attached hydrogens (tertiary/aromatic N) is 2. The number of benzene rings is 1. The average Bonchev–Trinajstić information content (AvgIpc) is 2.98. The van der Waals surface area contributed by atoms with Crippen LogP contribution in [0.4, 0.5) is 5.69 Å². The second-order valence-corrected chi connectivity index (χ2v) is 6.99. The van der Waals surface area contributed by atoms with E-state index in [4.69, 9.17) is 10.9 Å². The third-order valence-electron chi connectivity index (χ3n) is 3.99. The van der Waals surface area contributed by atoms with Gasteiger partial charge in [-0.25, -0.2) is 0 Å². The molecule has 0 amide bonds. The molecule has 0 saturated heterocycles. The van der Waals surface area contributed by atoms with E-state index < -0.39 is 0 Å². The molecule has 5 heteroatoms. The quantitative estimate of drug-likeness (QED) is 0.364. The lowest BCUT2D eigenvalue weighted by molar-refractivity contribution is 0.318. The summed E-state index contributed by atoms with van der Waals surface area (Å²) in [6, 6.07) is 6.53. The van der Waals surface area contributed by atoms with Crippen LogP contribution in [0.25, 0.3) is 0 Å². The number of anilines is 1. The summed E-state index contributed by atoms with van der Waals surface area (Å²) in [4.78, 5) is 2.51. The number of rotatable bonds is 5. The molecule has 1 aromatic carbocycles. The van der Waals surface area contributed by atoms with Gasteiger partial charge in [-0.05, 0) is 52.9 Å². The zero-order chi connectivity index (χ0) is 15.4. The van der Waals surface area contributed by atoms with Gasteiger partial charge in [-0.2, -0.15) is 0 Å². The van der Waals surface area contributed by atoms with E-state index >= 15 is 0 Å². The van der Waals surface area contributed by atoms with Crippen LogP contribution >= 0.6 is 15.9 Å². The van der Waals surface area contributed by atoms with Crippen LogP contribution < -0.4 is 10.6 Å². The van der Waals surface area contributed by atoms with Crippen molar-refractivity contribution in [3.05, 3.63) is 28.2 Å². The molecule has 0 bridgehead atoms. The van der Waals surface area contributed by atoms with E-state index in [2.05, 4.69) is 45.9 Å². The highest BCUT2D eigenvalue weighted by molar-refractivity contribution is 9.10. The highest BCUT2D eigenvalue weighted by Gasteiger charge is 2.25. The summed E-state index contributed by atoms with van der Waals surface area (Å²) < 4.78 is 0.999. The first-order chi connectivity index (χ1) is 10.0. The van der Waals surface area contributed by atoms with Crippen molar-refractivity contribution in [2.24, 2.45) is 16.8 Å². The normalized spacial score (nSPS) is 16.7. The molecule has 1 aromatic rings. The number of halogens is 1. The zero-order valence-electron chi connectivity index (χ0n) is 12.7. The molecule has 0 aromatic heterocycles. The van der Waals surface area contributed by atoms with Crippen molar-refractivity contribution in [3.63, 3.8) is 0 Å². The SMILES string of the molecule is CC(C)CN(c1ccc(/C(N)=N/O)cc1Br)C1CCCC1. The van der Waals surface area contributed by atoms with Gasteiger partial charge >= 0.3 is 0 Å². The van der Waals surface area contributed by atoms with Gasteiger partial charge in [0.15, 0.2) is 5.84 Å². The third kappa shape index (κ3) is 3.90. The molecule has 1 fully saturated rings. The number of hydrogen-bond donors (Lipinski definition) is 2. The largest absolute Gasteiger partial charge is 0.409 e. The monoisotopic (exact) mass is 353 g/mol. The summed E-state index contributed by atoms with van der Waals surface area (Å²) in [7, 11) is 0. The maximum absolute atomic E-state index is 8.79. The van der Waals surface area contributed by atoms with Gasteiger partial charge in [-0.3, -0.25) is 0 Å². The van der Waals surface area contributed by atoms with Gasteiger partial charge in [0.05, 0.1) is 5.69 Å². The van der Waals surface area contributed by atoms with Crippen molar-refractivity contribution in [3.8, 4) is 0 Å². The smallest absolute Gasteiger partial charge is 0.170 e. The molecule has 0 heterocycles. The molecule has 0 spiro atoms. The highest BCUT2D eigenvalue weighted by atomic mass is 79.9. The van der Waals surface area contributed by atoms with Crippen molar-refractivity contribution in [1.82, 2.24) is 0 Å². The Morgan fingerprint density at radius 2 is 2.10 bits per heavy atom. The van der Waals surface area contributed by atoms with Gasteiger partial charge in [0.2, 0.25) is 0 Å². The molecule has 1 aliphatic carbocycles. The van der Waals surface area contributed by atoms with Gasteiger partial charge in [0, 0.05) is 22.6 Å². The Morgan fingerprint density at radius 3 is 2.62 bits per heavy atom. The topological polar surface area (TPSA) is 61.8 Å². The Bertz CT molecular complexity index is 510. The number of hydrogen-bond acceptors (Lipinski definition) is 3. The molecular weight excluding hydrogens is 330 g/mol. The number of nitrogens with two attached hydrogens (primary N) is 1. The van der Waals surface area contributed by atoms with Gasteiger partial charge in [0.25, 0.3) is 0 Å². The molecule has 1 saturated carbocycles. The van der Waals surface area contributed by atoms with E-state index in [0.29, 0.717) is 12.0 Å². The lowest BCUT2D eigenvalue weighted by Crippen LogP contribution is -2.36. The number of amidine groups is 1. The van der Waals surface area contributed by atoms with E-state index in [9.17, 15) is 0 Å². The molecule has 4 nitrogen and oxygen atoms in total. The molecule has 2 rings (SSSR count). The summed E-state index contributed by atoms with van der Waals surface area (Å²) >= 11 is 3.65. The highest BCUT2D eigenvalue weighted by Crippen LogP contribution is 2.34. The van der Waals surface area contributed by atoms with E-state index in [0.717, 1.165) is 16.6 Å². The molecular formula is C16H24BrN3O. The third-order valence-corrected chi connectivity index (χ3v) is 4.62. The minimum absolute atomic E-state index is 0.138. The molecule has 1 aliphatic rings. The fourth-order valence-electron chi connectivity index (χ4n) is 3.01. The molecule has 0 radical (unpaired) electrons. The lowest BCUT2D eigenvalue weighted by atomic mass is 10.1. The first-order valence-electron chi connectivity index (χ1n) is 7.57. The summed E-state index contributed by atoms with van der Waals surface area (Å²) in [5, 5.41) is 11.8. The Labute approximate surface area is 135 Å². The molecule has 21 heavy (non-hydrogen) atoms. The standard InChI is InChI=1S/C16H24BrN3O/c1-11(2)10-20(13-5-3-4-6-13)15-8-7-12(9-14(15)17)16(18)19-21/h7-9,11,13,21H,3-6,10H2,1-2H3,(H2,18,19). The Balaban J connectivity index is 2.31. The predicted molar refractivity (Wildman–Crippen MR) is 91.1 cm³/mol. The fourth-order valence-corrected chi connectivity index (χ4v) is 3.62. The van der Waals surface area contributed by atoms with Crippen molar-refractivity contribution >= 4 is 27.5 Å². The minimum Gasteiger partial charge on any atom is -0.409 e. The average molecular weight is 354 g/mol. The van der Waals surface area contributed by atoms with Gasteiger partial charge in [-0.15, -0.1) is 0 Å². The van der Waals surface area contributed by atoms with Crippen LogP contribution in [0.5, 0.6) is 0 Å².